The van der Waals surface area contributed by atoms with Gasteiger partial charge in [-0.05, 0) is 43.7 Å². The van der Waals surface area contributed by atoms with Crippen molar-refractivity contribution in [1.82, 2.24) is 15.0 Å². The Morgan fingerprint density at radius 1 is 1.06 bits per heavy atom. The summed E-state index contributed by atoms with van der Waals surface area (Å²) in [7, 11) is 0. The number of aryl methyl sites for hydroxylation is 1. The molecule has 7 nitrogen and oxygen atoms in total. The molecule has 7 heteroatoms. The average molecular weight is 410 g/mol. The largest absolute Gasteiger partial charge is 0.437 e. The summed E-state index contributed by atoms with van der Waals surface area (Å²) in [5.41, 5.74) is 9.06. The van der Waals surface area contributed by atoms with E-state index in [0.717, 1.165) is 33.3 Å². The monoisotopic (exact) mass is 410 g/mol. The number of nitrogen functional groups attached to an aromatic ring is 1. The Labute approximate surface area is 180 Å². The summed E-state index contributed by atoms with van der Waals surface area (Å²) in [4.78, 5) is 12.7. The number of pyridine rings is 1. The molecule has 4 rings (SSSR count). The maximum absolute atomic E-state index is 9.07. The summed E-state index contributed by atoms with van der Waals surface area (Å²) in [5, 5.41) is 14.4. The summed E-state index contributed by atoms with van der Waals surface area (Å²) >= 11 is 0. The van der Waals surface area contributed by atoms with Crippen LogP contribution in [0, 0.1) is 24.2 Å². The average Bonchev–Trinajstić information content (AvgIpc) is 2.79. The van der Waals surface area contributed by atoms with Crippen LogP contribution >= 0.6 is 0 Å². The highest BCUT2D eigenvalue weighted by atomic mass is 16.5. The van der Waals surface area contributed by atoms with E-state index in [2.05, 4.69) is 32.4 Å². The molecule has 2 aromatic heterocycles. The normalized spacial score (nSPS) is 11.6. The number of nitriles is 1. The van der Waals surface area contributed by atoms with Gasteiger partial charge in [-0.2, -0.15) is 5.26 Å². The molecule has 0 aliphatic carbocycles. The fourth-order valence-corrected chi connectivity index (χ4v) is 3.33. The number of aromatic nitrogens is 3. The summed E-state index contributed by atoms with van der Waals surface area (Å²) < 4.78 is 6.36. The van der Waals surface area contributed by atoms with Gasteiger partial charge in [-0.1, -0.05) is 24.3 Å². The molecular weight excluding hydrogens is 388 g/mol. The Morgan fingerprint density at radius 3 is 2.74 bits per heavy atom. The van der Waals surface area contributed by atoms with Crippen molar-refractivity contribution < 1.29 is 4.74 Å². The molecule has 0 radical (unpaired) electrons. The lowest BCUT2D eigenvalue weighted by Gasteiger charge is -2.16. The van der Waals surface area contributed by atoms with Gasteiger partial charge in [0.05, 0.1) is 23.2 Å². The molecule has 0 aliphatic heterocycles. The van der Waals surface area contributed by atoms with Crippen LogP contribution in [0.3, 0.4) is 0 Å². The molecule has 4 aromatic rings. The molecular formula is C24H22N6O. The van der Waals surface area contributed by atoms with Gasteiger partial charge in [0.15, 0.2) is 0 Å². The number of ether oxygens (including phenoxy) is 1. The van der Waals surface area contributed by atoms with Crippen LogP contribution in [-0.2, 0) is 0 Å². The first kappa shape index (κ1) is 20.1. The van der Waals surface area contributed by atoms with Crippen molar-refractivity contribution in [2.24, 2.45) is 5.92 Å². The molecule has 0 amide bonds. The molecule has 0 aliphatic rings. The van der Waals surface area contributed by atoms with Gasteiger partial charge < -0.3 is 15.8 Å². The fraction of sp³-hybridized carbons (Fsp3) is 0.167. The second-order valence-electron chi connectivity index (χ2n) is 7.28. The van der Waals surface area contributed by atoms with Crippen LogP contribution in [-0.4, -0.2) is 21.5 Å². The summed E-state index contributed by atoms with van der Waals surface area (Å²) in [6, 6.07) is 17.8. The third-order valence-corrected chi connectivity index (χ3v) is 4.95. The Balaban J connectivity index is 1.76. The van der Waals surface area contributed by atoms with Crippen molar-refractivity contribution >= 4 is 22.4 Å². The molecule has 3 N–H and O–H groups in total. The second-order valence-corrected chi connectivity index (χ2v) is 7.28. The highest BCUT2D eigenvalue weighted by Crippen LogP contribution is 2.38. The third-order valence-electron chi connectivity index (χ3n) is 4.95. The number of nitrogens with zero attached hydrogens (tertiary/aromatic N) is 4. The van der Waals surface area contributed by atoms with E-state index in [1.165, 1.54) is 0 Å². The van der Waals surface area contributed by atoms with Gasteiger partial charge in [0, 0.05) is 35.4 Å². The summed E-state index contributed by atoms with van der Waals surface area (Å²) in [5.74, 6) is 1.26. The van der Waals surface area contributed by atoms with E-state index in [4.69, 9.17) is 15.7 Å². The van der Waals surface area contributed by atoms with E-state index in [0.29, 0.717) is 18.1 Å². The number of nitrogens with two attached hydrogens (primary N) is 1. The Kier molecular flexibility index (Phi) is 5.63. The van der Waals surface area contributed by atoms with Crippen LogP contribution in [0.2, 0.25) is 0 Å². The van der Waals surface area contributed by atoms with E-state index in [1.54, 1.807) is 18.5 Å². The number of rotatable bonds is 6. The molecule has 0 bridgehead atoms. The van der Waals surface area contributed by atoms with Crippen LogP contribution in [0.4, 0.5) is 11.6 Å². The van der Waals surface area contributed by atoms with Gasteiger partial charge in [0.2, 0.25) is 11.8 Å². The van der Waals surface area contributed by atoms with Crippen molar-refractivity contribution in [2.75, 3.05) is 17.6 Å². The molecule has 0 spiro atoms. The Morgan fingerprint density at radius 2 is 1.94 bits per heavy atom. The molecule has 0 fully saturated rings. The zero-order valence-corrected chi connectivity index (χ0v) is 17.3. The van der Waals surface area contributed by atoms with Crippen molar-refractivity contribution in [1.29, 1.82) is 5.26 Å². The van der Waals surface area contributed by atoms with E-state index in [1.807, 2.05) is 50.2 Å². The molecule has 2 heterocycles. The highest BCUT2D eigenvalue weighted by Gasteiger charge is 2.15. The fourth-order valence-electron chi connectivity index (χ4n) is 3.33. The number of hydrogen-bond acceptors (Lipinski definition) is 7. The van der Waals surface area contributed by atoms with Crippen LogP contribution in [0.15, 0.2) is 60.9 Å². The number of anilines is 2. The van der Waals surface area contributed by atoms with Crippen molar-refractivity contribution in [3.63, 3.8) is 0 Å². The zero-order chi connectivity index (χ0) is 21.8. The Hall–Kier alpha value is -4.18. The maximum atomic E-state index is 9.07. The molecule has 154 valence electrons. The van der Waals surface area contributed by atoms with E-state index in [-0.39, 0.29) is 11.9 Å². The molecule has 0 saturated heterocycles. The molecule has 31 heavy (non-hydrogen) atoms. The lowest BCUT2D eigenvalue weighted by molar-refractivity contribution is 0.466. The lowest BCUT2D eigenvalue weighted by Crippen LogP contribution is -2.09. The van der Waals surface area contributed by atoms with Gasteiger partial charge in [-0.3, -0.25) is 0 Å². The van der Waals surface area contributed by atoms with E-state index in [9.17, 15) is 0 Å². The van der Waals surface area contributed by atoms with Crippen LogP contribution < -0.4 is 15.8 Å². The van der Waals surface area contributed by atoms with Crippen LogP contribution in [0.25, 0.3) is 22.0 Å². The van der Waals surface area contributed by atoms with Crippen LogP contribution in [0.1, 0.15) is 12.5 Å². The first-order valence-corrected chi connectivity index (χ1v) is 9.94. The van der Waals surface area contributed by atoms with Gasteiger partial charge in [-0.25, -0.2) is 15.0 Å². The predicted molar refractivity (Wildman–Crippen MR) is 122 cm³/mol. The Bertz CT molecular complexity index is 1280. The minimum atomic E-state index is -0.0900. The zero-order valence-electron chi connectivity index (χ0n) is 17.3. The first-order valence-electron chi connectivity index (χ1n) is 9.94. The van der Waals surface area contributed by atoms with E-state index >= 15 is 0 Å². The molecule has 0 saturated carbocycles. The maximum Gasteiger partial charge on any atom is 0.228 e. The SMILES string of the molecule is Cc1ccc2c(NC[C@H](C)C#N)cccc2c1Oc1ncccc1-c1ccnc(N)n1. The summed E-state index contributed by atoms with van der Waals surface area (Å²) in [6.45, 7) is 4.45. The van der Waals surface area contributed by atoms with Crippen molar-refractivity contribution in [3.05, 3.63) is 66.5 Å². The third kappa shape index (κ3) is 4.23. The molecule has 1 atom stereocenters. The molecule has 2 aromatic carbocycles. The predicted octanol–water partition coefficient (Wildman–Crippen LogP) is 4.95. The second kappa shape index (κ2) is 8.67. The number of benzene rings is 2. The first-order chi connectivity index (χ1) is 15.1. The minimum absolute atomic E-state index is 0.0900. The van der Waals surface area contributed by atoms with Crippen LogP contribution in [0.5, 0.6) is 11.6 Å². The number of fused-ring (bicyclic) bond motifs is 1. The van der Waals surface area contributed by atoms with Gasteiger partial charge in [0.1, 0.15) is 5.75 Å². The topological polar surface area (TPSA) is 110 Å². The smallest absolute Gasteiger partial charge is 0.228 e. The highest BCUT2D eigenvalue weighted by molar-refractivity contribution is 5.98. The van der Waals surface area contributed by atoms with Crippen molar-refractivity contribution in [3.8, 4) is 29.0 Å². The summed E-state index contributed by atoms with van der Waals surface area (Å²) in [6.07, 6.45) is 3.29. The quantitative estimate of drug-likeness (QED) is 0.463. The number of nitrogens with one attached hydrogen (secondary N) is 1. The standard InChI is InChI=1S/C24H22N6O/c1-15(13-25)14-29-20-7-3-5-18-17(20)9-8-16(2)22(18)31-23-19(6-4-11-27-23)21-10-12-28-24(26)30-21/h3-12,15,29H,14H2,1-2H3,(H2,26,28,30)/t15-/m1/s1. The minimum Gasteiger partial charge on any atom is -0.437 e. The van der Waals surface area contributed by atoms with Crippen molar-refractivity contribution in [2.45, 2.75) is 13.8 Å². The van der Waals surface area contributed by atoms with Gasteiger partial charge in [-0.15, -0.1) is 0 Å². The lowest BCUT2D eigenvalue weighted by atomic mass is 10.0. The van der Waals surface area contributed by atoms with Gasteiger partial charge >= 0.3 is 0 Å². The molecule has 0 unspecified atom stereocenters. The van der Waals surface area contributed by atoms with E-state index < -0.39 is 0 Å². The number of hydrogen-bond donors (Lipinski definition) is 2. The van der Waals surface area contributed by atoms with Gasteiger partial charge in [0.25, 0.3) is 0 Å².